The molecular formula is C26H30ClFN2O2. The molecule has 0 atom stereocenters. The van der Waals surface area contributed by atoms with E-state index in [0.29, 0.717) is 35.0 Å². The molecule has 0 unspecified atom stereocenters. The number of anilines is 1. The summed E-state index contributed by atoms with van der Waals surface area (Å²) in [5.74, 6) is 6.04. The Morgan fingerprint density at radius 3 is 2.69 bits per heavy atom. The van der Waals surface area contributed by atoms with Crippen LogP contribution in [0.25, 0.3) is 0 Å². The predicted molar refractivity (Wildman–Crippen MR) is 128 cm³/mol. The third-order valence-electron chi connectivity index (χ3n) is 5.51. The lowest BCUT2D eigenvalue weighted by molar-refractivity contribution is 0.208. The highest BCUT2D eigenvalue weighted by atomic mass is 35.5. The molecule has 0 aliphatic carbocycles. The molecule has 1 aliphatic heterocycles. The molecule has 32 heavy (non-hydrogen) atoms. The van der Waals surface area contributed by atoms with Gasteiger partial charge in [-0.1, -0.05) is 43.2 Å². The molecule has 170 valence electrons. The minimum absolute atomic E-state index is 0.382. The molecule has 1 aliphatic rings. The number of halogens is 2. The molecule has 0 radical (unpaired) electrons. The number of carbonyl (C=O) groups is 1. The number of fused-ring (bicyclic) bond motifs is 1. The van der Waals surface area contributed by atoms with Crippen molar-refractivity contribution in [2.45, 2.75) is 45.4 Å². The monoisotopic (exact) mass is 456 g/mol. The fourth-order valence-electron chi connectivity index (χ4n) is 3.69. The van der Waals surface area contributed by atoms with Crippen LogP contribution in [0.3, 0.4) is 0 Å². The van der Waals surface area contributed by atoms with Crippen LogP contribution >= 0.6 is 11.6 Å². The molecule has 2 aromatic carbocycles. The molecule has 6 heteroatoms. The Labute approximate surface area is 195 Å². The number of unbranched alkanes of at least 4 members (excludes halogenated alkanes) is 3. The van der Waals surface area contributed by atoms with E-state index in [4.69, 9.17) is 16.3 Å². The van der Waals surface area contributed by atoms with Crippen molar-refractivity contribution >= 4 is 23.4 Å². The maximum absolute atomic E-state index is 14.7. The van der Waals surface area contributed by atoms with Gasteiger partial charge in [-0.3, -0.25) is 4.90 Å². The number of hydrogen-bond donors (Lipinski definition) is 0. The van der Waals surface area contributed by atoms with E-state index >= 15 is 0 Å². The lowest BCUT2D eigenvalue weighted by atomic mass is 10.1. The smallest absolute Gasteiger partial charge is 0.410 e. The second kappa shape index (κ2) is 11.9. The van der Waals surface area contributed by atoms with Crippen molar-refractivity contribution in [1.82, 2.24) is 4.90 Å². The molecule has 1 amide bonds. The zero-order valence-electron chi connectivity index (χ0n) is 18.8. The minimum Gasteiger partial charge on any atom is -0.410 e. The van der Waals surface area contributed by atoms with E-state index in [-0.39, 0.29) is 0 Å². The van der Waals surface area contributed by atoms with Crippen LogP contribution in [-0.4, -0.2) is 37.7 Å². The van der Waals surface area contributed by atoms with Crippen LogP contribution in [-0.2, 0) is 6.42 Å². The van der Waals surface area contributed by atoms with Crippen molar-refractivity contribution in [2.24, 2.45) is 0 Å². The number of nitrogens with zero attached hydrogens (tertiary/aromatic N) is 2. The first-order valence-corrected chi connectivity index (χ1v) is 11.6. The van der Waals surface area contributed by atoms with Crippen molar-refractivity contribution in [3.8, 4) is 17.6 Å². The third-order valence-corrected chi connectivity index (χ3v) is 5.76. The van der Waals surface area contributed by atoms with Gasteiger partial charge in [-0.25, -0.2) is 9.18 Å². The Morgan fingerprint density at radius 2 is 1.94 bits per heavy atom. The highest BCUT2D eigenvalue weighted by Crippen LogP contribution is 2.31. The molecule has 4 nitrogen and oxygen atoms in total. The van der Waals surface area contributed by atoms with E-state index in [9.17, 15) is 9.18 Å². The molecular weight excluding hydrogens is 427 g/mol. The van der Waals surface area contributed by atoms with Gasteiger partial charge in [0.05, 0.1) is 11.3 Å². The largest absolute Gasteiger partial charge is 0.419 e. The van der Waals surface area contributed by atoms with E-state index in [2.05, 4.69) is 30.7 Å². The van der Waals surface area contributed by atoms with Gasteiger partial charge in [0.15, 0.2) is 0 Å². The van der Waals surface area contributed by atoms with Crippen molar-refractivity contribution in [3.05, 3.63) is 58.4 Å². The summed E-state index contributed by atoms with van der Waals surface area (Å²) >= 11 is 5.86. The molecule has 3 rings (SSSR count). The molecule has 0 bridgehead atoms. The van der Waals surface area contributed by atoms with Crippen LogP contribution < -0.4 is 9.64 Å². The van der Waals surface area contributed by atoms with Gasteiger partial charge in [-0.05, 0) is 81.4 Å². The second-order valence-electron chi connectivity index (χ2n) is 8.10. The molecule has 0 N–H and O–H groups in total. The highest BCUT2D eigenvalue weighted by molar-refractivity contribution is 6.30. The van der Waals surface area contributed by atoms with Crippen molar-refractivity contribution in [3.63, 3.8) is 0 Å². The van der Waals surface area contributed by atoms with E-state index in [1.54, 1.807) is 30.3 Å². The maximum atomic E-state index is 14.7. The molecule has 0 fully saturated rings. The average molecular weight is 457 g/mol. The number of amides is 1. The fourth-order valence-corrected chi connectivity index (χ4v) is 3.82. The fraction of sp³-hybridized carbons (Fsp3) is 0.423. The Balaban J connectivity index is 1.56. The summed E-state index contributed by atoms with van der Waals surface area (Å²) in [4.78, 5) is 16.3. The van der Waals surface area contributed by atoms with Crippen molar-refractivity contribution in [1.29, 1.82) is 0 Å². The summed E-state index contributed by atoms with van der Waals surface area (Å²) < 4.78 is 20.1. The second-order valence-corrected chi connectivity index (χ2v) is 8.54. The lowest BCUT2D eigenvalue weighted by Crippen LogP contribution is -2.31. The number of carbonyl (C=O) groups excluding carboxylic acids is 1. The quantitative estimate of drug-likeness (QED) is 0.345. The standard InChI is InChI=1S/C26H30ClFN2O2/c1-3-4-7-15-29(2)16-8-5-6-9-20-18-21-14-17-30(25(21)19-24(20)28)26(31)32-23-12-10-22(27)11-13-23/h10-13,18-19H,3-5,7-8,14-17H2,1-2H3. The van der Waals surface area contributed by atoms with Crippen LogP contribution in [0.5, 0.6) is 5.75 Å². The van der Waals surface area contributed by atoms with Gasteiger partial charge in [0, 0.05) is 18.0 Å². The van der Waals surface area contributed by atoms with Gasteiger partial charge in [-0.15, -0.1) is 0 Å². The molecule has 0 saturated heterocycles. The first-order chi connectivity index (χ1) is 15.5. The molecule has 0 saturated carbocycles. The molecule has 0 spiro atoms. The van der Waals surface area contributed by atoms with E-state index in [1.165, 1.54) is 30.2 Å². The Bertz CT molecular complexity index is 982. The van der Waals surface area contributed by atoms with Gasteiger partial charge in [0.1, 0.15) is 11.6 Å². The van der Waals surface area contributed by atoms with Gasteiger partial charge in [-0.2, -0.15) is 0 Å². The summed E-state index contributed by atoms with van der Waals surface area (Å²) in [5.41, 5.74) is 1.83. The first kappa shape index (κ1) is 24.1. The van der Waals surface area contributed by atoms with E-state index < -0.39 is 11.9 Å². The van der Waals surface area contributed by atoms with E-state index in [1.807, 2.05) is 0 Å². The van der Waals surface area contributed by atoms with E-state index in [0.717, 1.165) is 31.5 Å². The summed E-state index contributed by atoms with van der Waals surface area (Å²) in [6, 6.07) is 9.69. The number of ether oxygens (including phenoxy) is 1. The number of rotatable bonds is 8. The predicted octanol–water partition coefficient (Wildman–Crippen LogP) is 6.29. The Morgan fingerprint density at radius 1 is 1.19 bits per heavy atom. The first-order valence-electron chi connectivity index (χ1n) is 11.2. The average Bonchev–Trinajstić information content (AvgIpc) is 3.18. The van der Waals surface area contributed by atoms with Gasteiger partial charge in [0.25, 0.3) is 0 Å². The van der Waals surface area contributed by atoms with Crippen LogP contribution in [0.2, 0.25) is 5.02 Å². The van der Waals surface area contributed by atoms with Crippen LogP contribution in [0.1, 0.15) is 50.2 Å². The van der Waals surface area contributed by atoms with Crippen molar-refractivity contribution < 1.29 is 13.9 Å². The topological polar surface area (TPSA) is 32.8 Å². The maximum Gasteiger partial charge on any atom is 0.419 e. The molecule has 2 aromatic rings. The molecule has 0 aromatic heterocycles. The summed E-state index contributed by atoms with van der Waals surface area (Å²) in [7, 11) is 2.13. The molecule has 1 heterocycles. The highest BCUT2D eigenvalue weighted by Gasteiger charge is 2.27. The Hall–Kier alpha value is -2.55. The van der Waals surface area contributed by atoms with Gasteiger partial charge in [0.2, 0.25) is 0 Å². The Kier molecular flexibility index (Phi) is 8.96. The van der Waals surface area contributed by atoms with Crippen LogP contribution in [0.15, 0.2) is 36.4 Å². The van der Waals surface area contributed by atoms with Gasteiger partial charge < -0.3 is 9.64 Å². The SMILES string of the molecule is CCCCCN(C)CCCC#Cc1cc2c(cc1F)N(C(=O)Oc1ccc(Cl)cc1)CC2. The van der Waals surface area contributed by atoms with Crippen molar-refractivity contribution in [2.75, 3.05) is 31.6 Å². The van der Waals surface area contributed by atoms with Crippen LogP contribution in [0.4, 0.5) is 14.9 Å². The zero-order valence-corrected chi connectivity index (χ0v) is 19.6. The summed E-state index contributed by atoms with van der Waals surface area (Å²) in [6.45, 7) is 4.76. The zero-order chi connectivity index (χ0) is 22.9. The normalized spacial score (nSPS) is 12.5. The third kappa shape index (κ3) is 6.72. The van der Waals surface area contributed by atoms with Crippen LogP contribution in [0, 0.1) is 17.7 Å². The number of hydrogen-bond acceptors (Lipinski definition) is 3. The van der Waals surface area contributed by atoms with Gasteiger partial charge >= 0.3 is 6.09 Å². The minimum atomic E-state index is -0.535. The lowest BCUT2D eigenvalue weighted by Gasteiger charge is -2.17. The number of benzene rings is 2. The summed E-state index contributed by atoms with van der Waals surface area (Å²) in [5, 5.41) is 0.561. The summed E-state index contributed by atoms with van der Waals surface area (Å²) in [6.07, 6.45) is 5.52.